The van der Waals surface area contributed by atoms with Crippen LogP contribution in [0.4, 0.5) is 0 Å². The number of pyridine rings is 1. The Morgan fingerprint density at radius 2 is 2.35 bits per heavy atom. The highest BCUT2D eigenvalue weighted by Gasteiger charge is 2.18. The third kappa shape index (κ3) is 1.84. The number of rotatable bonds is 2. The van der Waals surface area contributed by atoms with Gasteiger partial charge in [-0.15, -0.1) is 0 Å². The number of hydrogen-bond donors (Lipinski definition) is 1. The van der Waals surface area contributed by atoms with E-state index >= 15 is 0 Å². The van der Waals surface area contributed by atoms with Crippen LogP contribution in [-0.2, 0) is 6.42 Å². The molecule has 1 saturated heterocycles. The number of nitrogens with zero attached hydrogens (tertiary/aromatic N) is 2. The lowest BCUT2D eigenvalue weighted by atomic mass is 10.0. The first-order chi connectivity index (χ1) is 8.25. The molecule has 0 aromatic carbocycles. The fourth-order valence-corrected chi connectivity index (χ4v) is 2.72. The number of imidazole rings is 1. The van der Waals surface area contributed by atoms with Crippen molar-refractivity contribution < 1.29 is 0 Å². The normalized spacial score (nSPS) is 20.2. The average Bonchev–Trinajstić information content (AvgIpc) is 2.92. The molecular formula is C14H19N3. The third-order valence-electron chi connectivity index (χ3n) is 3.83. The van der Waals surface area contributed by atoms with Crippen LogP contribution < -0.4 is 5.32 Å². The van der Waals surface area contributed by atoms with Crippen molar-refractivity contribution >= 4 is 5.65 Å². The zero-order valence-corrected chi connectivity index (χ0v) is 10.5. The van der Waals surface area contributed by atoms with Gasteiger partial charge in [0.1, 0.15) is 5.65 Å². The molecule has 3 nitrogen and oxygen atoms in total. The molecule has 90 valence electrons. The monoisotopic (exact) mass is 229 g/mol. The van der Waals surface area contributed by atoms with Gasteiger partial charge in [0, 0.05) is 11.9 Å². The molecule has 1 aliphatic rings. The molecule has 3 rings (SSSR count). The van der Waals surface area contributed by atoms with Gasteiger partial charge in [-0.25, -0.2) is 4.98 Å². The van der Waals surface area contributed by atoms with Crippen LogP contribution in [0.25, 0.3) is 5.65 Å². The summed E-state index contributed by atoms with van der Waals surface area (Å²) >= 11 is 0. The highest BCUT2D eigenvalue weighted by atomic mass is 15.0. The maximum atomic E-state index is 4.81. The molecule has 0 bridgehead atoms. The molecule has 0 amide bonds. The Balaban J connectivity index is 1.99. The number of hydrogen-bond acceptors (Lipinski definition) is 2. The van der Waals surface area contributed by atoms with E-state index in [1.54, 1.807) is 0 Å². The summed E-state index contributed by atoms with van der Waals surface area (Å²) in [7, 11) is 0. The minimum absolute atomic E-state index is 0.763. The summed E-state index contributed by atoms with van der Waals surface area (Å²) in [4.78, 5) is 4.81. The first-order valence-corrected chi connectivity index (χ1v) is 6.39. The first kappa shape index (κ1) is 10.8. The molecule has 17 heavy (non-hydrogen) atoms. The van der Waals surface area contributed by atoms with Crippen LogP contribution in [0.5, 0.6) is 0 Å². The number of fused-ring (bicyclic) bond motifs is 1. The van der Waals surface area contributed by atoms with Crippen molar-refractivity contribution in [1.29, 1.82) is 0 Å². The molecule has 0 saturated carbocycles. The van der Waals surface area contributed by atoms with Gasteiger partial charge in [0.2, 0.25) is 0 Å². The van der Waals surface area contributed by atoms with E-state index in [0.29, 0.717) is 0 Å². The minimum Gasteiger partial charge on any atom is -0.316 e. The largest absolute Gasteiger partial charge is 0.316 e. The molecule has 0 radical (unpaired) electrons. The van der Waals surface area contributed by atoms with Crippen molar-refractivity contribution in [2.45, 2.75) is 26.7 Å². The van der Waals surface area contributed by atoms with Crippen LogP contribution >= 0.6 is 0 Å². The summed E-state index contributed by atoms with van der Waals surface area (Å²) in [6.45, 7) is 6.61. The topological polar surface area (TPSA) is 29.3 Å². The van der Waals surface area contributed by atoms with Gasteiger partial charge in [0.25, 0.3) is 0 Å². The molecule has 1 fully saturated rings. The van der Waals surface area contributed by atoms with Gasteiger partial charge in [-0.05, 0) is 57.3 Å². The third-order valence-corrected chi connectivity index (χ3v) is 3.83. The quantitative estimate of drug-likeness (QED) is 0.854. The van der Waals surface area contributed by atoms with Gasteiger partial charge in [-0.3, -0.25) is 0 Å². The lowest BCUT2D eigenvalue weighted by molar-refractivity contribution is 0.571. The average molecular weight is 229 g/mol. The van der Waals surface area contributed by atoms with Crippen LogP contribution in [0.1, 0.15) is 23.4 Å². The zero-order chi connectivity index (χ0) is 11.8. The van der Waals surface area contributed by atoms with E-state index in [9.17, 15) is 0 Å². The fraction of sp³-hybridized carbons (Fsp3) is 0.500. The number of aryl methyl sites for hydroxylation is 2. The fourth-order valence-electron chi connectivity index (χ4n) is 2.72. The van der Waals surface area contributed by atoms with E-state index in [4.69, 9.17) is 4.98 Å². The summed E-state index contributed by atoms with van der Waals surface area (Å²) in [5, 5.41) is 3.42. The predicted molar refractivity (Wildman–Crippen MR) is 69.3 cm³/mol. The predicted octanol–water partition coefficient (Wildman–Crippen LogP) is 2.10. The van der Waals surface area contributed by atoms with Crippen LogP contribution in [0, 0.1) is 19.8 Å². The van der Waals surface area contributed by atoms with Gasteiger partial charge < -0.3 is 9.72 Å². The Bertz CT molecular complexity index is 536. The molecule has 3 heteroatoms. The molecule has 1 N–H and O–H groups in total. The van der Waals surface area contributed by atoms with Crippen molar-refractivity contribution in [3.63, 3.8) is 0 Å². The summed E-state index contributed by atoms with van der Waals surface area (Å²) in [5.41, 5.74) is 4.95. The van der Waals surface area contributed by atoms with Crippen molar-refractivity contribution in [3.8, 4) is 0 Å². The van der Waals surface area contributed by atoms with Crippen molar-refractivity contribution in [3.05, 3.63) is 35.3 Å². The van der Waals surface area contributed by atoms with E-state index in [-0.39, 0.29) is 0 Å². The second kappa shape index (κ2) is 4.15. The highest BCUT2D eigenvalue weighted by molar-refractivity contribution is 5.50. The second-order valence-electron chi connectivity index (χ2n) is 5.09. The summed E-state index contributed by atoms with van der Waals surface area (Å²) in [6.07, 6.45) is 4.51. The Kier molecular flexibility index (Phi) is 2.63. The molecule has 1 atom stereocenters. The SMILES string of the molecule is Cc1cccn2c(C)c(CC3CCNC3)nc12. The van der Waals surface area contributed by atoms with Crippen molar-refractivity contribution in [1.82, 2.24) is 14.7 Å². The van der Waals surface area contributed by atoms with E-state index in [1.807, 2.05) is 0 Å². The van der Waals surface area contributed by atoms with E-state index < -0.39 is 0 Å². The summed E-state index contributed by atoms with van der Waals surface area (Å²) in [6, 6.07) is 4.22. The Morgan fingerprint density at radius 1 is 1.47 bits per heavy atom. The number of aromatic nitrogens is 2. The Morgan fingerprint density at radius 3 is 3.06 bits per heavy atom. The lowest BCUT2D eigenvalue weighted by Gasteiger charge is -2.05. The van der Waals surface area contributed by atoms with Crippen LogP contribution in [0.2, 0.25) is 0 Å². The first-order valence-electron chi connectivity index (χ1n) is 6.39. The highest BCUT2D eigenvalue weighted by Crippen LogP contribution is 2.20. The van der Waals surface area contributed by atoms with Crippen LogP contribution in [0.15, 0.2) is 18.3 Å². The summed E-state index contributed by atoms with van der Waals surface area (Å²) in [5.74, 6) is 0.763. The molecule has 1 aliphatic heterocycles. The molecule has 2 aromatic heterocycles. The lowest BCUT2D eigenvalue weighted by Crippen LogP contribution is -2.11. The maximum absolute atomic E-state index is 4.81. The van der Waals surface area contributed by atoms with Gasteiger partial charge in [0.05, 0.1) is 5.69 Å². The van der Waals surface area contributed by atoms with Crippen LogP contribution in [-0.4, -0.2) is 22.5 Å². The molecule has 0 aliphatic carbocycles. The standard InChI is InChI=1S/C14H19N3/c1-10-4-3-7-17-11(2)13(16-14(10)17)8-12-5-6-15-9-12/h3-4,7,12,15H,5-6,8-9H2,1-2H3. The Hall–Kier alpha value is -1.35. The van der Waals surface area contributed by atoms with Gasteiger partial charge in [-0.1, -0.05) is 6.07 Å². The van der Waals surface area contributed by atoms with Crippen LogP contribution in [0.3, 0.4) is 0 Å². The zero-order valence-electron chi connectivity index (χ0n) is 10.5. The van der Waals surface area contributed by atoms with E-state index in [2.05, 4.69) is 41.9 Å². The minimum atomic E-state index is 0.763. The maximum Gasteiger partial charge on any atom is 0.140 e. The van der Waals surface area contributed by atoms with Gasteiger partial charge in [-0.2, -0.15) is 0 Å². The van der Waals surface area contributed by atoms with E-state index in [1.165, 1.54) is 23.4 Å². The van der Waals surface area contributed by atoms with E-state index in [0.717, 1.165) is 31.1 Å². The second-order valence-corrected chi connectivity index (χ2v) is 5.09. The van der Waals surface area contributed by atoms with Gasteiger partial charge >= 0.3 is 0 Å². The van der Waals surface area contributed by atoms with Gasteiger partial charge in [0.15, 0.2) is 0 Å². The molecule has 3 heterocycles. The molecule has 2 aromatic rings. The van der Waals surface area contributed by atoms with Crippen molar-refractivity contribution in [2.75, 3.05) is 13.1 Å². The molecule has 0 spiro atoms. The number of nitrogens with one attached hydrogen (secondary N) is 1. The molecule has 1 unspecified atom stereocenters. The smallest absolute Gasteiger partial charge is 0.140 e. The molecular weight excluding hydrogens is 210 g/mol. The summed E-state index contributed by atoms with van der Waals surface area (Å²) < 4.78 is 2.22. The Labute approximate surface area is 102 Å². The van der Waals surface area contributed by atoms with Crippen molar-refractivity contribution in [2.24, 2.45) is 5.92 Å².